The molecule has 1 aliphatic heterocycles. The smallest absolute Gasteiger partial charge is 0.338 e. The Labute approximate surface area is 210 Å². The van der Waals surface area contributed by atoms with E-state index in [1.807, 2.05) is 62.4 Å². The quantitative estimate of drug-likeness (QED) is 0.296. The largest absolute Gasteiger partial charge is 0.490 e. The molecular weight excluding hydrogens is 456 g/mol. The van der Waals surface area contributed by atoms with Crippen LogP contribution in [0.5, 0.6) is 11.5 Å². The Morgan fingerprint density at radius 1 is 0.861 bits per heavy atom. The van der Waals surface area contributed by atoms with E-state index in [2.05, 4.69) is 0 Å². The first-order valence-electron chi connectivity index (χ1n) is 11.9. The van der Waals surface area contributed by atoms with Crippen LogP contribution in [0.1, 0.15) is 42.3 Å². The lowest BCUT2D eigenvalue weighted by Crippen LogP contribution is -2.32. The summed E-state index contributed by atoms with van der Waals surface area (Å²) in [5.41, 5.74) is 2.86. The van der Waals surface area contributed by atoms with Crippen molar-refractivity contribution in [1.82, 2.24) is 0 Å². The molecule has 0 fully saturated rings. The molecule has 3 aromatic carbocycles. The van der Waals surface area contributed by atoms with Crippen molar-refractivity contribution in [3.63, 3.8) is 0 Å². The highest BCUT2D eigenvalue weighted by atomic mass is 16.5. The van der Waals surface area contributed by atoms with E-state index in [0.29, 0.717) is 48.4 Å². The molecule has 0 aliphatic carbocycles. The fourth-order valence-corrected chi connectivity index (χ4v) is 3.81. The molecule has 7 nitrogen and oxygen atoms in total. The van der Waals surface area contributed by atoms with Crippen molar-refractivity contribution in [2.24, 2.45) is 4.99 Å². The molecule has 1 aliphatic rings. The van der Waals surface area contributed by atoms with Crippen molar-refractivity contribution in [3.8, 4) is 11.5 Å². The number of rotatable bonds is 9. The fourth-order valence-electron chi connectivity index (χ4n) is 3.81. The van der Waals surface area contributed by atoms with E-state index in [1.165, 1.54) is 0 Å². The van der Waals surface area contributed by atoms with E-state index in [-0.39, 0.29) is 11.6 Å². The summed E-state index contributed by atoms with van der Waals surface area (Å²) in [4.78, 5) is 31.9. The molecule has 184 valence electrons. The van der Waals surface area contributed by atoms with Crippen molar-refractivity contribution in [1.29, 1.82) is 0 Å². The zero-order valence-corrected chi connectivity index (χ0v) is 20.6. The molecule has 7 heteroatoms. The summed E-state index contributed by atoms with van der Waals surface area (Å²) in [6.45, 7) is 6.88. The maximum Gasteiger partial charge on any atom is 0.338 e. The van der Waals surface area contributed by atoms with Crippen LogP contribution in [0.15, 0.2) is 83.5 Å². The zero-order chi connectivity index (χ0) is 25.5. The maximum absolute atomic E-state index is 13.6. The van der Waals surface area contributed by atoms with E-state index in [0.717, 1.165) is 11.1 Å². The minimum absolute atomic E-state index is 0.274. The lowest BCUT2D eigenvalue weighted by atomic mass is 10.1. The Morgan fingerprint density at radius 2 is 1.56 bits per heavy atom. The summed E-state index contributed by atoms with van der Waals surface area (Å²) in [6.07, 6.45) is 1.73. The number of aliphatic imine (C=N–C) groups is 1. The van der Waals surface area contributed by atoms with Gasteiger partial charge in [-0.05, 0) is 68.8 Å². The number of carbonyl (C=O) groups excluding carboxylic acids is 2. The summed E-state index contributed by atoms with van der Waals surface area (Å²) in [7, 11) is 0. The number of nitrogens with zero attached hydrogens (tertiary/aromatic N) is 2. The first kappa shape index (κ1) is 24.7. The first-order valence-corrected chi connectivity index (χ1v) is 11.9. The van der Waals surface area contributed by atoms with E-state index < -0.39 is 5.97 Å². The molecule has 0 saturated heterocycles. The minimum Gasteiger partial charge on any atom is -0.490 e. The molecule has 0 bridgehead atoms. The van der Waals surface area contributed by atoms with E-state index in [1.54, 1.807) is 42.2 Å². The average molecular weight is 485 g/mol. The topological polar surface area (TPSA) is 77.4 Å². The molecule has 0 saturated carbocycles. The predicted octanol–water partition coefficient (Wildman–Crippen LogP) is 5.50. The molecule has 0 aromatic heterocycles. The molecule has 1 amide bonds. The number of benzene rings is 3. The number of amides is 1. The monoisotopic (exact) mass is 484 g/mol. The molecule has 4 rings (SSSR count). The summed E-state index contributed by atoms with van der Waals surface area (Å²) in [6, 6.07) is 21.8. The van der Waals surface area contributed by atoms with E-state index >= 15 is 0 Å². The van der Waals surface area contributed by atoms with Crippen molar-refractivity contribution in [2.45, 2.75) is 20.8 Å². The number of hydrogen-bond donors (Lipinski definition) is 0. The third-order valence-corrected chi connectivity index (χ3v) is 5.40. The Balaban J connectivity index is 1.73. The Morgan fingerprint density at radius 3 is 2.22 bits per heavy atom. The summed E-state index contributed by atoms with van der Waals surface area (Å²) >= 11 is 0. The fraction of sp³-hybridized carbons (Fsp3) is 0.207. The zero-order valence-electron chi connectivity index (χ0n) is 20.6. The van der Waals surface area contributed by atoms with Gasteiger partial charge in [0, 0.05) is 5.56 Å². The van der Waals surface area contributed by atoms with Gasteiger partial charge in [-0.25, -0.2) is 9.79 Å². The number of anilines is 1. The molecule has 0 unspecified atom stereocenters. The third kappa shape index (κ3) is 5.30. The molecule has 0 spiro atoms. The number of amidine groups is 1. The van der Waals surface area contributed by atoms with Crippen molar-refractivity contribution >= 4 is 29.5 Å². The standard InChI is InChI=1S/C29H28N2O5/c1-4-34-25-17-12-20(19-26(25)35-5-2)18-24-28(32)31(27(30-24)21-10-8-7-9-11-21)23-15-13-22(14-16-23)29(33)36-6-3/h7-19H,4-6H2,1-3H3/b24-18-. The number of ether oxygens (including phenoxy) is 3. The molecule has 3 aromatic rings. The van der Waals surface area contributed by atoms with Crippen LogP contribution >= 0.6 is 0 Å². The summed E-state index contributed by atoms with van der Waals surface area (Å²) in [5.74, 6) is 1.08. The number of carbonyl (C=O) groups is 2. The number of hydrogen-bond acceptors (Lipinski definition) is 6. The van der Waals surface area contributed by atoms with Gasteiger partial charge >= 0.3 is 5.97 Å². The second-order valence-electron chi connectivity index (χ2n) is 7.81. The lowest BCUT2D eigenvalue weighted by Gasteiger charge is -2.19. The molecule has 1 heterocycles. The Bertz CT molecular complexity index is 1300. The van der Waals surface area contributed by atoms with Crippen LogP contribution in [0, 0.1) is 0 Å². The highest BCUT2D eigenvalue weighted by Gasteiger charge is 2.32. The maximum atomic E-state index is 13.6. The normalized spacial score (nSPS) is 14.1. The van der Waals surface area contributed by atoms with Crippen molar-refractivity contribution < 1.29 is 23.8 Å². The lowest BCUT2D eigenvalue weighted by molar-refractivity contribution is -0.113. The SMILES string of the molecule is CCOC(=O)c1ccc(N2C(=O)/C(=C/c3ccc(OCC)c(OCC)c3)N=C2c2ccccc2)cc1. The van der Waals surface area contributed by atoms with Gasteiger partial charge in [0.2, 0.25) is 0 Å². The van der Waals surface area contributed by atoms with Gasteiger partial charge in [-0.15, -0.1) is 0 Å². The Kier molecular flexibility index (Phi) is 7.80. The van der Waals surface area contributed by atoms with E-state index in [9.17, 15) is 9.59 Å². The predicted molar refractivity (Wildman–Crippen MR) is 140 cm³/mol. The highest BCUT2D eigenvalue weighted by molar-refractivity contribution is 6.33. The van der Waals surface area contributed by atoms with Gasteiger partial charge in [0.15, 0.2) is 11.5 Å². The van der Waals surface area contributed by atoms with Gasteiger partial charge in [0.1, 0.15) is 11.5 Å². The van der Waals surface area contributed by atoms with Crippen molar-refractivity contribution in [2.75, 3.05) is 24.7 Å². The Hall–Kier alpha value is -4.39. The van der Waals surface area contributed by atoms with Gasteiger partial charge in [-0.1, -0.05) is 36.4 Å². The second-order valence-corrected chi connectivity index (χ2v) is 7.81. The van der Waals surface area contributed by atoms with Crippen LogP contribution in [-0.2, 0) is 9.53 Å². The third-order valence-electron chi connectivity index (χ3n) is 5.40. The minimum atomic E-state index is -0.407. The highest BCUT2D eigenvalue weighted by Crippen LogP contribution is 2.32. The molecule has 0 atom stereocenters. The van der Waals surface area contributed by atoms with Gasteiger partial charge in [0.25, 0.3) is 5.91 Å². The van der Waals surface area contributed by atoms with Crippen LogP contribution < -0.4 is 14.4 Å². The van der Waals surface area contributed by atoms with Crippen LogP contribution in [-0.4, -0.2) is 37.5 Å². The molecule has 36 heavy (non-hydrogen) atoms. The van der Waals surface area contributed by atoms with E-state index in [4.69, 9.17) is 19.2 Å². The van der Waals surface area contributed by atoms with Gasteiger partial charge in [-0.3, -0.25) is 9.69 Å². The van der Waals surface area contributed by atoms with Gasteiger partial charge in [0.05, 0.1) is 31.1 Å². The summed E-state index contributed by atoms with van der Waals surface area (Å²) < 4.78 is 16.4. The second kappa shape index (κ2) is 11.4. The van der Waals surface area contributed by atoms with Crippen LogP contribution in [0.25, 0.3) is 6.08 Å². The molecule has 0 radical (unpaired) electrons. The van der Waals surface area contributed by atoms with Crippen molar-refractivity contribution in [3.05, 3.63) is 95.2 Å². The van der Waals surface area contributed by atoms with Gasteiger partial charge < -0.3 is 14.2 Å². The van der Waals surface area contributed by atoms with Crippen LogP contribution in [0.2, 0.25) is 0 Å². The molecular formula is C29H28N2O5. The van der Waals surface area contributed by atoms with Crippen LogP contribution in [0.3, 0.4) is 0 Å². The first-order chi connectivity index (χ1) is 17.5. The summed E-state index contributed by atoms with van der Waals surface area (Å²) in [5, 5.41) is 0. The number of esters is 1. The molecule has 0 N–H and O–H groups in total. The van der Waals surface area contributed by atoms with Crippen LogP contribution in [0.4, 0.5) is 5.69 Å². The average Bonchev–Trinajstić information content (AvgIpc) is 3.22. The van der Waals surface area contributed by atoms with Gasteiger partial charge in [-0.2, -0.15) is 0 Å².